The molecule has 1 aliphatic rings. The summed E-state index contributed by atoms with van der Waals surface area (Å²) in [5.74, 6) is -1.02. The topological polar surface area (TPSA) is 35.2 Å². The van der Waals surface area contributed by atoms with Gasteiger partial charge in [0.15, 0.2) is 11.6 Å². The molecule has 2 unspecified atom stereocenters. The van der Waals surface area contributed by atoms with Gasteiger partial charge in [-0.2, -0.15) is 0 Å². The minimum absolute atomic E-state index is 0.0161. The van der Waals surface area contributed by atoms with E-state index in [2.05, 4.69) is 0 Å². The van der Waals surface area contributed by atoms with E-state index in [4.69, 9.17) is 10.5 Å². The van der Waals surface area contributed by atoms with Crippen molar-refractivity contribution < 1.29 is 13.5 Å². The monoisotopic (exact) mass is 255 g/mol. The van der Waals surface area contributed by atoms with Crippen LogP contribution >= 0.6 is 0 Å². The predicted octanol–water partition coefficient (Wildman–Crippen LogP) is 3.25. The van der Waals surface area contributed by atoms with E-state index >= 15 is 0 Å². The van der Waals surface area contributed by atoms with E-state index in [0.29, 0.717) is 18.2 Å². The van der Waals surface area contributed by atoms with Gasteiger partial charge in [0, 0.05) is 12.0 Å². The summed E-state index contributed by atoms with van der Waals surface area (Å²) in [4.78, 5) is 0. The molecule has 0 aliphatic heterocycles. The molecule has 0 heterocycles. The van der Waals surface area contributed by atoms with E-state index in [-0.39, 0.29) is 6.10 Å². The molecule has 0 amide bonds. The maximum atomic E-state index is 13.1. The van der Waals surface area contributed by atoms with Gasteiger partial charge in [-0.3, -0.25) is 0 Å². The van der Waals surface area contributed by atoms with E-state index in [1.165, 1.54) is 18.9 Å². The highest BCUT2D eigenvalue weighted by atomic mass is 19.2. The van der Waals surface area contributed by atoms with Gasteiger partial charge >= 0.3 is 0 Å². The average molecular weight is 255 g/mol. The molecule has 18 heavy (non-hydrogen) atoms. The lowest BCUT2D eigenvalue weighted by Gasteiger charge is -2.25. The van der Waals surface area contributed by atoms with Crippen molar-refractivity contribution in [1.29, 1.82) is 0 Å². The van der Waals surface area contributed by atoms with Gasteiger partial charge in [-0.05, 0) is 37.9 Å². The van der Waals surface area contributed by atoms with Gasteiger partial charge < -0.3 is 10.5 Å². The fourth-order valence-corrected chi connectivity index (χ4v) is 2.50. The minimum atomic E-state index is -0.870. The van der Waals surface area contributed by atoms with Crippen LogP contribution in [0.15, 0.2) is 18.2 Å². The molecule has 2 atom stereocenters. The third-order valence-corrected chi connectivity index (χ3v) is 3.57. The van der Waals surface area contributed by atoms with E-state index < -0.39 is 11.6 Å². The normalized spacial score (nSPS) is 24.6. The summed E-state index contributed by atoms with van der Waals surface area (Å²) >= 11 is 0. The lowest BCUT2D eigenvalue weighted by molar-refractivity contribution is 0.129. The maximum absolute atomic E-state index is 13.1. The Bertz CT molecular complexity index is 397. The highest BCUT2D eigenvalue weighted by Gasteiger charge is 2.24. The molecular formula is C14H19F2NO. The minimum Gasteiger partial charge on any atom is -0.490 e. The summed E-state index contributed by atoms with van der Waals surface area (Å²) in [6.45, 7) is 0.578. The third kappa shape index (κ3) is 3.19. The lowest BCUT2D eigenvalue weighted by Crippen LogP contribution is -2.31. The summed E-state index contributed by atoms with van der Waals surface area (Å²) in [6.07, 6.45) is 5.45. The first-order chi connectivity index (χ1) is 8.70. The second-order valence-corrected chi connectivity index (χ2v) is 4.87. The standard InChI is InChI=1S/C14H19F2NO/c15-12-7-6-11(8-13(12)16)18-14-5-3-1-2-4-10(14)9-17/h6-8,10,14H,1-5,9,17H2. The summed E-state index contributed by atoms with van der Waals surface area (Å²) < 4.78 is 31.7. The van der Waals surface area contributed by atoms with Gasteiger partial charge in [-0.15, -0.1) is 0 Å². The Morgan fingerprint density at radius 3 is 2.61 bits per heavy atom. The zero-order valence-electron chi connectivity index (χ0n) is 10.4. The van der Waals surface area contributed by atoms with Crippen molar-refractivity contribution >= 4 is 0 Å². The van der Waals surface area contributed by atoms with Crippen LogP contribution in [0.4, 0.5) is 8.78 Å². The van der Waals surface area contributed by atoms with E-state index in [9.17, 15) is 8.78 Å². The molecule has 2 rings (SSSR count). The Morgan fingerprint density at radius 2 is 1.89 bits per heavy atom. The van der Waals surface area contributed by atoms with Crippen LogP contribution in [0.3, 0.4) is 0 Å². The van der Waals surface area contributed by atoms with Crippen molar-refractivity contribution in [3.63, 3.8) is 0 Å². The molecular weight excluding hydrogens is 236 g/mol. The van der Waals surface area contributed by atoms with Crippen LogP contribution in [-0.4, -0.2) is 12.6 Å². The van der Waals surface area contributed by atoms with Crippen LogP contribution < -0.4 is 10.5 Å². The van der Waals surface area contributed by atoms with Gasteiger partial charge in [0.1, 0.15) is 11.9 Å². The third-order valence-electron chi connectivity index (χ3n) is 3.57. The van der Waals surface area contributed by atoms with Crippen LogP contribution in [0.5, 0.6) is 5.75 Å². The molecule has 1 aromatic rings. The van der Waals surface area contributed by atoms with Gasteiger partial charge in [0.2, 0.25) is 0 Å². The largest absolute Gasteiger partial charge is 0.490 e. The summed E-state index contributed by atoms with van der Waals surface area (Å²) in [7, 11) is 0. The molecule has 1 aliphatic carbocycles. The van der Waals surface area contributed by atoms with Crippen LogP contribution in [-0.2, 0) is 0 Å². The van der Waals surface area contributed by atoms with E-state index in [1.54, 1.807) is 0 Å². The first-order valence-electron chi connectivity index (χ1n) is 6.52. The Kier molecular flexibility index (Phi) is 4.53. The van der Waals surface area contributed by atoms with Crippen molar-refractivity contribution in [2.24, 2.45) is 11.7 Å². The highest BCUT2D eigenvalue weighted by Crippen LogP contribution is 2.27. The Morgan fingerprint density at radius 1 is 1.11 bits per heavy atom. The number of nitrogens with two attached hydrogens (primary N) is 1. The van der Waals surface area contributed by atoms with Crippen LogP contribution in [0.1, 0.15) is 32.1 Å². The molecule has 1 fully saturated rings. The summed E-state index contributed by atoms with van der Waals surface area (Å²) in [5.41, 5.74) is 5.76. The molecule has 100 valence electrons. The van der Waals surface area contributed by atoms with Crippen molar-refractivity contribution in [3.8, 4) is 5.75 Å². The molecule has 0 saturated heterocycles. The second-order valence-electron chi connectivity index (χ2n) is 4.87. The van der Waals surface area contributed by atoms with Crippen LogP contribution in [0.2, 0.25) is 0 Å². The summed E-state index contributed by atoms with van der Waals surface area (Å²) in [5, 5.41) is 0. The average Bonchev–Trinajstić information content (AvgIpc) is 2.59. The highest BCUT2D eigenvalue weighted by molar-refractivity contribution is 5.24. The molecule has 0 bridgehead atoms. The lowest BCUT2D eigenvalue weighted by atomic mass is 9.97. The zero-order chi connectivity index (χ0) is 13.0. The molecule has 1 saturated carbocycles. The smallest absolute Gasteiger partial charge is 0.162 e. The molecule has 2 N–H and O–H groups in total. The molecule has 0 spiro atoms. The summed E-state index contributed by atoms with van der Waals surface area (Å²) in [6, 6.07) is 3.67. The fourth-order valence-electron chi connectivity index (χ4n) is 2.50. The Balaban J connectivity index is 2.07. The molecule has 0 aromatic heterocycles. The Labute approximate surface area is 106 Å². The van der Waals surface area contributed by atoms with E-state index in [1.807, 2.05) is 0 Å². The van der Waals surface area contributed by atoms with Crippen LogP contribution in [0.25, 0.3) is 0 Å². The number of hydrogen-bond acceptors (Lipinski definition) is 2. The Hall–Kier alpha value is -1.16. The number of hydrogen-bond donors (Lipinski definition) is 1. The van der Waals surface area contributed by atoms with Gasteiger partial charge in [0.05, 0.1) is 0 Å². The second kappa shape index (κ2) is 6.14. The van der Waals surface area contributed by atoms with Gasteiger partial charge in [-0.25, -0.2) is 8.78 Å². The first kappa shape index (κ1) is 13.3. The quantitative estimate of drug-likeness (QED) is 0.841. The fraction of sp³-hybridized carbons (Fsp3) is 0.571. The number of halogens is 2. The SMILES string of the molecule is NCC1CCCCCC1Oc1ccc(F)c(F)c1. The van der Waals surface area contributed by atoms with Gasteiger partial charge in [-0.1, -0.05) is 12.8 Å². The number of benzene rings is 1. The molecule has 0 radical (unpaired) electrons. The predicted molar refractivity (Wildman–Crippen MR) is 66.4 cm³/mol. The molecule has 4 heteroatoms. The number of rotatable bonds is 3. The first-order valence-corrected chi connectivity index (χ1v) is 6.52. The van der Waals surface area contributed by atoms with Crippen molar-refractivity contribution in [2.75, 3.05) is 6.54 Å². The van der Waals surface area contributed by atoms with Crippen LogP contribution in [0, 0.1) is 17.6 Å². The maximum Gasteiger partial charge on any atom is 0.162 e. The molecule has 1 aromatic carbocycles. The zero-order valence-corrected chi connectivity index (χ0v) is 10.4. The number of ether oxygens (including phenoxy) is 1. The van der Waals surface area contributed by atoms with Crippen molar-refractivity contribution in [1.82, 2.24) is 0 Å². The van der Waals surface area contributed by atoms with Crippen molar-refractivity contribution in [2.45, 2.75) is 38.2 Å². The van der Waals surface area contributed by atoms with Gasteiger partial charge in [0.25, 0.3) is 0 Å². The van der Waals surface area contributed by atoms with Crippen molar-refractivity contribution in [3.05, 3.63) is 29.8 Å². The van der Waals surface area contributed by atoms with E-state index in [0.717, 1.165) is 31.4 Å². The molecule has 2 nitrogen and oxygen atoms in total.